The first kappa shape index (κ1) is 66.0. The molecule has 0 aromatic carbocycles. The van der Waals surface area contributed by atoms with E-state index >= 15 is 0 Å². The lowest BCUT2D eigenvalue weighted by Gasteiger charge is -2.21. The minimum Gasteiger partial charge on any atom is -0.462 e. The number of rotatable bonds is 41. The average Bonchev–Trinajstić information content (AvgIpc) is 3.63. The van der Waals surface area contributed by atoms with Crippen LogP contribution in [-0.2, 0) is 46.3 Å². The molecule has 1 aliphatic rings. The van der Waals surface area contributed by atoms with Crippen molar-refractivity contribution in [2.75, 3.05) is 25.6 Å². The maximum absolute atomic E-state index is 12.9. The molecule has 0 bridgehead atoms. The summed E-state index contributed by atoms with van der Waals surface area (Å²) in [5, 5.41) is 41.0. The third-order valence-electron chi connectivity index (χ3n) is 11.1. The Morgan fingerprint density at radius 2 is 1.31 bits per heavy atom. The summed E-state index contributed by atoms with van der Waals surface area (Å²) < 4.78 is 56.6. The van der Waals surface area contributed by atoms with Gasteiger partial charge in [0.2, 0.25) is 0 Å². The normalized spacial score (nSPS) is 20.4. The number of nitrogens with zero attached hydrogens (tertiary/aromatic N) is 2. The fourth-order valence-electron chi connectivity index (χ4n) is 7.10. The van der Waals surface area contributed by atoms with Gasteiger partial charge in [0.15, 0.2) is 12.3 Å². The Balaban J connectivity index is 1.86. The number of hydrogen-bond donors (Lipinski definition) is 7. The lowest BCUT2D eigenvalue weighted by molar-refractivity contribution is -0.161. The Morgan fingerprint density at radius 3 is 1.95 bits per heavy atom. The lowest BCUT2D eigenvalue weighted by Crippen LogP contribution is -2.36. The number of aromatic nitrogens is 2. The Labute approximate surface area is 436 Å². The van der Waals surface area contributed by atoms with Crippen LogP contribution in [-0.4, -0.2) is 108 Å². The van der Waals surface area contributed by atoms with Gasteiger partial charge in [0.1, 0.15) is 30.7 Å². The van der Waals surface area contributed by atoms with E-state index in [9.17, 15) is 53.7 Å². The standard InChI is InChI=1S/C52H83N3O17P2/c1-3-5-7-8-9-10-11-12-13-14-15-16-17-22-30-36-48(59)70-44(39-67-47(58)35-29-21-19-18-20-26-32-43(57)34-28-24-23-27-33-42(56)31-25-6-4-2)40-68-73(63,64)72-74(65,66)69-41-45-49(60)50(61)51(71-45)55-38-37-46(53)54-52(55)62/h6,10-11,19-21,23-28,33-34,37-38,42-45,49-51,56-57,60-61H,3-5,7-9,12-18,22,29-32,35-36,39-41H2,1-2H3,(H,63,64)(H,65,66)(H2,53,54,62)/b11-10-,21-19-,24-23-,25-6-,26-20-,33-27+,34-28+/t42-,43+,44-,45-,49-,50-,51-/m1/s1. The van der Waals surface area contributed by atoms with Gasteiger partial charge >= 0.3 is 33.3 Å². The largest absolute Gasteiger partial charge is 0.481 e. The fourth-order valence-corrected chi connectivity index (χ4v) is 9.21. The van der Waals surface area contributed by atoms with Crippen LogP contribution in [0, 0.1) is 0 Å². The molecule has 0 spiro atoms. The first-order valence-corrected chi connectivity index (χ1v) is 28.8. The second-order valence-electron chi connectivity index (χ2n) is 17.7. The van der Waals surface area contributed by atoms with E-state index in [1.54, 1.807) is 42.5 Å². The number of unbranched alkanes of at least 4 members (excludes halogenated alkanes) is 11. The number of hydrogen-bond acceptors (Lipinski definition) is 17. The zero-order valence-corrected chi connectivity index (χ0v) is 44.9. The number of ether oxygens (including phenoxy) is 3. The van der Waals surface area contributed by atoms with Crippen LogP contribution in [0.1, 0.15) is 148 Å². The van der Waals surface area contributed by atoms with Crippen molar-refractivity contribution in [3.63, 3.8) is 0 Å². The van der Waals surface area contributed by atoms with E-state index in [1.165, 1.54) is 31.7 Å². The van der Waals surface area contributed by atoms with Crippen LogP contribution in [0.5, 0.6) is 0 Å². The first-order valence-electron chi connectivity index (χ1n) is 25.8. The molecule has 0 aliphatic carbocycles. The second kappa shape index (κ2) is 39.3. The van der Waals surface area contributed by atoms with Crippen molar-refractivity contribution in [1.82, 2.24) is 9.55 Å². The molecule has 2 heterocycles. The van der Waals surface area contributed by atoms with Gasteiger partial charge in [-0.2, -0.15) is 9.29 Å². The lowest BCUT2D eigenvalue weighted by atomic mass is 10.1. The second-order valence-corrected chi connectivity index (χ2v) is 20.7. The molecule has 418 valence electrons. The van der Waals surface area contributed by atoms with E-state index in [0.29, 0.717) is 32.1 Å². The minimum absolute atomic E-state index is 0.00287. The summed E-state index contributed by atoms with van der Waals surface area (Å²) in [6.45, 7) is 1.77. The van der Waals surface area contributed by atoms with Gasteiger partial charge in [0.25, 0.3) is 0 Å². The zero-order valence-electron chi connectivity index (χ0n) is 43.1. The van der Waals surface area contributed by atoms with E-state index in [0.717, 1.165) is 68.6 Å². The Morgan fingerprint density at radius 1 is 0.730 bits per heavy atom. The van der Waals surface area contributed by atoms with Crippen molar-refractivity contribution >= 4 is 33.4 Å². The van der Waals surface area contributed by atoms with E-state index in [1.807, 2.05) is 37.3 Å². The molecule has 74 heavy (non-hydrogen) atoms. The van der Waals surface area contributed by atoms with Crippen molar-refractivity contribution in [2.45, 2.75) is 185 Å². The first-order chi connectivity index (χ1) is 35.5. The number of phosphoric acid groups is 2. The number of esters is 2. The molecule has 1 aliphatic heterocycles. The number of allylic oxidation sites excluding steroid dienone is 10. The molecule has 1 saturated heterocycles. The molecule has 20 nitrogen and oxygen atoms in total. The van der Waals surface area contributed by atoms with Crippen molar-refractivity contribution in [2.24, 2.45) is 0 Å². The highest BCUT2D eigenvalue weighted by molar-refractivity contribution is 7.61. The maximum atomic E-state index is 12.9. The topological polar surface area (TPSA) is 306 Å². The predicted octanol–water partition coefficient (Wildman–Crippen LogP) is 8.61. The Kier molecular flexibility index (Phi) is 35.0. The molecule has 2 unspecified atom stereocenters. The van der Waals surface area contributed by atoms with Crippen LogP contribution in [0.3, 0.4) is 0 Å². The summed E-state index contributed by atoms with van der Waals surface area (Å²) in [4.78, 5) is 61.9. The Bertz CT molecular complexity index is 2110. The molecular formula is C52H83N3O17P2. The molecular weight excluding hydrogens is 1000 g/mol. The third-order valence-corrected chi connectivity index (χ3v) is 13.7. The monoisotopic (exact) mass is 1080 g/mol. The van der Waals surface area contributed by atoms with Gasteiger partial charge in [0, 0.05) is 19.0 Å². The number of aliphatic hydroxyl groups is 4. The molecule has 1 aromatic rings. The number of nitrogens with two attached hydrogens (primary N) is 1. The fraction of sp³-hybridized carbons (Fsp3) is 0.615. The number of carbonyl (C=O) groups is 2. The van der Waals surface area contributed by atoms with Crippen LogP contribution in [0.25, 0.3) is 0 Å². The smallest absolute Gasteiger partial charge is 0.462 e. The number of phosphoric ester groups is 2. The van der Waals surface area contributed by atoms with Gasteiger partial charge in [-0.1, -0.05) is 150 Å². The van der Waals surface area contributed by atoms with E-state index in [-0.39, 0.29) is 18.7 Å². The molecule has 0 radical (unpaired) electrons. The number of anilines is 1. The Hall–Kier alpha value is -4.14. The molecule has 22 heteroatoms. The highest BCUT2D eigenvalue weighted by Gasteiger charge is 2.46. The van der Waals surface area contributed by atoms with Crippen LogP contribution in [0.4, 0.5) is 5.82 Å². The predicted molar refractivity (Wildman–Crippen MR) is 282 cm³/mol. The van der Waals surface area contributed by atoms with Crippen LogP contribution >= 0.6 is 15.6 Å². The summed E-state index contributed by atoms with van der Waals surface area (Å²) in [6, 6.07) is 1.23. The maximum Gasteiger partial charge on any atom is 0.481 e. The van der Waals surface area contributed by atoms with Gasteiger partial charge < -0.3 is 50.2 Å². The van der Waals surface area contributed by atoms with Crippen LogP contribution < -0.4 is 11.4 Å². The van der Waals surface area contributed by atoms with Crippen molar-refractivity contribution < 1.29 is 76.5 Å². The van der Waals surface area contributed by atoms with E-state index in [4.69, 9.17) is 29.0 Å². The third kappa shape index (κ3) is 31.7. The summed E-state index contributed by atoms with van der Waals surface area (Å²) in [5.74, 6) is -1.49. The molecule has 9 atom stereocenters. The zero-order chi connectivity index (χ0) is 54.5. The van der Waals surface area contributed by atoms with Gasteiger partial charge in [0.05, 0.1) is 25.4 Å². The average molecular weight is 1080 g/mol. The number of carbonyl (C=O) groups excluding carboxylic acids is 2. The molecule has 1 fully saturated rings. The summed E-state index contributed by atoms with van der Waals surface area (Å²) >= 11 is 0. The molecule has 2 rings (SSSR count). The van der Waals surface area contributed by atoms with Gasteiger partial charge in [-0.05, 0) is 70.3 Å². The van der Waals surface area contributed by atoms with E-state index < -0.39 is 95.9 Å². The van der Waals surface area contributed by atoms with Crippen molar-refractivity contribution in [3.8, 4) is 0 Å². The molecule has 0 amide bonds. The molecule has 0 saturated carbocycles. The van der Waals surface area contributed by atoms with E-state index in [2.05, 4.69) is 28.4 Å². The molecule has 8 N–H and O–H groups in total. The summed E-state index contributed by atoms with van der Waals surface area (Å²) in [7, 11) is -10.9. The highest BCUT2D eigenvalue weighted by Crippen LogP contribution is 2.60. The summed E-state index contributed by atoms with van der Waals surface area (Å²) in [5.41, 5.74) is 4.57. The van der Waals surface area contributed by atoms with Gasteiger partial charge in [-0.25, -0.2) is 13.9 Å². The van der Waals surface area contributed by atoms with Crippen LogP contribution in [0.2, 0.25) is 0 Å². The summed E-state index contributed by atoms with van der Waals surface area (Å²) in [6.07, 6.45) is 34.5. The number of nitrogen functional groups attached to an aromatic ring is 1. The highest BCUT2D eigenvalue weighted by atomic mass is 31.3. The van der Waals surface area contributed by atoms with Gasteiger partial charge in [-0.15, -0.1) is 0 Å². The van der Waals surface area contributed by atoms with Crippen molar-refractivity contribution in [3.05, 3.63) is 108 Å². The molecule has 1 aromatic heterocycles. The van der Waals surface area contributed by atoms with Gasteiger partial charge in [-0.3, -0.25) is 23.2 Å². The van der Waals surface area contributed by atoms with Crippen molar-refractivity contribution in [1.29, 1.82) is 0 Å². The SMILES string of the molecule is CC/C=C\C[C@@H](O)/C=C/C=C\C=C\[C@@H](O)C/C=C\C/C=C\CCC(=O)OC[C@H](COP(=O)(O)OP(=O)(O)OC[C@H]1O[C@@H](n2ccc(N)nc2=O)[C@H](O)[C@@H]1O)OC(=O)CCCCCCCCC/C=C\CCCCCC. The van der Waals surface area contributed by atoms with Crippen LogP contribution in [0.15, 0.2) is 102 Å². The quantitative estimate of drug-likeness (QED) is 0.0106. The number of aliphatic hydroxyl groups excluding tert-OH is 4. The minimum atomic E-state index is -5.46.